The van der Waals surface area contributed by atoms with Crippen LogP contribution < -0.4 is 14.8 Å². The van der Waals surface area contributed by atoms with Crippen LogP contribution >= 0.6 is 0 Å². The summed E-state index contributed by atoms with van der Waals surface area (Å²) in [5.41, 5.74) is 1.19. The Labute approximate surface area is 104 Å². The summed E-state index contributed by atoms with van der Waals surface area (Å²) >= 11 is 0. The molecule has 0 amide bonds. The van der Waals surface area contributed by atoms with Gasteiger partial charge in [-0.1, -0.05) is 6.07 Å². The lowest BCUT2D eigenvalue weighted by Gasteiger charge is -2.14. The van der Waals surface area contributed by atoms with Crippen LogP contribution in [0.25, 0.3) is 0 Å². The number of rotatable bonds is 7. The number of nitrogens with zero attached hydrogens (tertiary/aromatic N) is 1. The summed E-state index contributed by atoms with van der Waals surface area (Å²) in [6, 6.07) is 6.00. The van der Waals surface area contributed by atoms with Gasteiger partial charge in [-0.15, -0.1) is 0 Å². The number of hydrogen-bond acceptors (Lipinski definition) is 4. The molecule has 96 valence electrons. The Morgan fingerprint density at radius 2 is 2.00 bits per heavy atom. The van der Waals surface area contributed by atoms with Gasteiger partial charge in [0.1, 0.15) is 6.61 Å². The third-order valence-electron chi connectivity index (χ3n) is 2.41. The normalized spacial score (nSPS) is 10.6. The van der Waals surface area contributed by atoms with Gasteiger partial charge in [0.15, 0.2) is 11.5 Å². The molecule has 0 saturated heterocycles. The Morgan fingerprint density at radius 1 is 1.24 bits per heavy atom. The van der Waals surface area contributed by atoms with Gasteiger partial charge in [0.25, 0.3) is 0 Å². The second kappa shape index (κ2) is 7.14. The predicted molar refractivity (Wildman–Crippen MR) is 69.8 cm³/mol. The first-order valence-corrected chi connectivity index (χ1v) is 5.76. The monoisotopic (exact) mass is 238 g/mol. The van der Waals surface area contributed by atoms with Crippen molar-refractivity contribution in [2.45, 2.75) is 6.54 Å². The lowest BCUT2D eigenvalue weighted by molar-refractivity contribution is 0.250. The molecule has 1 N–H and O–H groups in total. The molecule has 1 aromatic rings. The number of likely N-dealkylation sites (N-methyl/N-ethyl adjacent to an activating group) is 1. The third-order valence-corrected chi connectivity index (χ3v) is 2.41. The van der Waals surface area contributed by atoms with Crippen molar-refractivity contribution in [2.24, 2.45) is 0 Å². The second-order valence-corrected chi connectivity index (χ2v) is 4.17. The molecule has 1 rings (SSSR count). The highest BCUT2D eigenvalue weighted by Gasteiger charge is 2.05. The minimum absolute atomic E-state index is 0.659. The van der Waals surface area contributed by atoms with Crippen molar-refractivity contribution in [3.8, 4) is 11.5 Å². The van der Waals surface area contributed by atoms with E-state index < -0.39 is 0 Å². The first-order chi connectivity index (χ1) is 8.17. The van der Waals surface area contributed by atoms with E-state index in [2.05, 4.69) is 10.2 Å². The van der Waals surface area contributed by atoms with Crippen LogP contribution in [-0.2, 0) is 6.54 Å². The zero-order valence-electron chi connectivity index (χ0n) is 11.1. The number of ether oxygens (including phenoxy) is 2. The Bertz CT molecular complexity index is 340. The largest absolute Gasteiger partial charge is 0.493 e. The molecule has 0 fully saturated rings. The number of nitrogens with one attached hydrogen (secondary N) is 1. The molecule has 0 aliphatic rings. The standard InChI is InChI=1S/C13H22N2O2/c1-14-10-11-5-6-12(16-4)13(9-11)17-8-7-15(2)3/h5-6,9,14H,7-8,10H2,1-4H3. The van der Waals surface area contributed by atoms with Gasteiger partial charge in [-0.3, -0.25) is 0 Å². The molecule has 0 aliphatic carbocycles. The van der Waals surface area contributed by atoms with Crippen molar-refractivity contribution in [1.29, 1.82) is 0 Å². The van der Waals surface area contributed by atoms with E-state index in [0.29, 0.717) is 6.61 Å². The second-order valence-electron chi connectivity index (χ2n) is 4.17. The van der Waals surface area contributed by atoms with Crippen LogP contribution in [0.5, 0.6) is 11.5 Å². The molecular formula is C13H22N2O2. The lowest BCUT2D eigenvalue weighted by Crippen LogP contribution is -2.19. The Morgan fingerprint density at radius 3 is 2.59 bits per heavy atom. The molecule has 0 unspecified atom stereocenters. The maximum atomic E-state index is 5.73. The maximum absolute atomic E-state index is 5.73. The first-order valence-electron chi connectivity index (χ1n) is 5.76. The molecule has 0 heterocycles. The summed E-state index contributed by atoms with van der Waals surface area (Å²) in [5.74, 6) is 1.59. The van der Waals surface area contributed by atoms with Crippen molar-refractivity contribution in [3.05, 3.63) is 23.8 Å². The van der Waals surface area contributed by atoms with Crippen molar-refractivity contribution < 1.29 is 9.47 Å². The molecular weight excluding hydrogens is 216 g/mol. The van der Waals surface area contributed by atoms with E-state index in [0.717, 1.165) is 24.6 Å². The summed E-state index contributed by atoms with van der Waals surface area (Å²) in [6.07, 6.45) is 0. The van der Waals surface area contributed by atoms with E-state index in [1.807, 2.05) is 39.3 Å². The molecule has 0 saturated carbocycles. The fraction of sp³-hybridized carbons (Fsp3) is 0.538. The van der Waals surface area contributed by atoms with Gasteiger partial charge in [-0.05, 0) is 38.8 Å². The van der Waals surface area contributed by atoms with Crippen LogP contribution in [0.4, 0.5) is 0 Å². The molecule has 4 nitrogen and oxygen atoms in total. The van der Waals surface area contributed by atoms with E-state index in [1.165, 1.54) is 5.56 Å². The summed E-state index contributed by atoms with van der Waals surface area (Å²) < 4.78 is 11.0. The quantitative estimate of drug-likeness (QED) is 0.777. The van der Waals surface area contributed by atoms with Gasteiger partial charge in [0, 0.05) is 13.1 Å². The van der Waals surface area contributed by atoms with Crippen molar-refractivity contribution in [2.75, 3.05) is 41.4 Å². The van der Waals surface area contributed by atoms with Crippen LogP contribution in [-0.4, -0.2) is 46.3 Å². The minimum atomic E-state index is 0.659. The Balaban J connectivity index is 2.68. The van der Waals surface area contributed by atoms with Crippen LogP contribution in [0.1, 0.15) is 5.56 Å². The number of methoxy groups -OCH3 is 1. The molecule has 0 spiro atoms. The predicted octanol–water partition coefficient (Wildman–Crippen LogP) is 1.35. The molecule has 4 heteroatoms. The smallest absolute Gasteiger partial charge is 0.161 e. The van der Waals surface area contributed by atoms with E-state index in [1.54, 1.807) is 7.11 Å². The number of hydrogen-bond donors (Lipinski definition) is 1. The summed E-state index contributed by atoms with van der Waals surface area (Å²) in [4.78, 5) is 2.09. The van der Waals surface area contributed by atoms with Crippen LogP contribution in [0, 0.1) is 0 Å². The zero-order chi connectivity index (χ0) is 12.7. The number of benzene rings is 1. The highest BCUT2D eigenvalue weighted by Crippen LogP contribution is 2.27. The average Bonchev–Trinajstić information content (AvgIpc) is 2.29. The van der Waals surface area contributed by atoms with E-state index >= 15 is 0 Å². The first kappa shape index (κ1) is 13.8. The fourth-order valence-corrected chi connectivity index (χ4v) is 1.49. The summed E-state index contributed by atoms with van der Waals surface area (Å²) in [6.45, 7) is 2.37. The van der Waals surface area contributed by atoms with Crippen LogP contribution in [0.3, 0.4) is 0 Å². The Kier molecular flexibility index (Phi) is 5.80. The molecule has 0 radical (unpaired) electrons. The molecule has 0 aromatic heterocycles. The van der Waals surface area contributed by atoms with E-state index in [4.69, 9.17) is 9.47 Å². The van der Waals surface area contributed by atoms with E-state index in [-0.39, 0.29) is 0 Å². The average molecular weight is 238 g/mol. The van der Waals surface area contributed by atoms with Crippen LogP contribution in [0.15, 0.2) is 18.2 Å². The summed E-state index contributed by atoms with van der Waals surface area (Å²) in [5, 5.41) is 3.12. The molecule has 0 atom stereocenters. The highest BCUT2D eigenvalue weighted by atomic mass is 16.5. The highest BCUT2D eigenvalue weighted by molar-refractivity contribution is 5.42. The third kappa shape index (κ3) is 4.63. The maximum Gasteiger partial charge on any atom is 0.161 e. The lowest BCUT2D eigenvalue weighted by atomic mass is 10.2. The SMILES string of the molecule is CNCc1ccc(OC)c(OCCN(C)C)c1. The van der Waals surface area contributed by atoms with Crippen molar-refractivity contribution in [3.63, 3.8) is 0 Å². The minimum Gasteiger partial charge on any atom is -0.493 e. The topological polar surface area (TPSA) is 33.7 Å². The summed E-state index contributed by atoms with van der Waals surface area (Å²) in [7, 11) is 7.64. The molecule has 0 aliphatic heterocycles. The molecule has 0 bridgehead atoms. The van der Waals surface area contributed by atoms with Crippen molar-refractivity contribution in [1.82, 2.24) is 10.2 Å². The van der Waals surface area contributed by atoms with Gasteiger partial charge in [0.05, 0.1) is 7.11 Å². The fourth-order valence-electron chi connectivity index (χ4n) is 1.49. The molecule has 17 heavy (non-hydrogen) atoms. The van der Waals surface area contributed by atoms with E-state index in [9.17, 15) is 0 Å². The van der Waals surface area contributed by atoms with Gasteiger partial charge in [-0.2, -0.15) is 0 Å². The van der Waals surface area contributed by atoms with Gasteiger partial charge >= 0.3 is 0 Å². The van der Waals surface area contributed by atoms with Gasteiger partial charge in [-0.25, -0.2) is 0 Å². The van der Waals surface area contributed by atoms with Gasteiger partial charge < -0.3 is 19.7 Å². The molecule has 1 aromatic carbocycles. The van der Waals surface area contributed by atoms with Gasteiger partial charge in [0.2, 0.25) is 0 Å². The van der Waals surface area contributed by atoms with Crippen LogP contribution in [0.2, 0.25) is 0 Å². The Hall–Kier alpha value is -1.26. The zero-order valence-corrected chi connectivity index (χ0v) is 11.1. The van der Waals surface area contributed by atoms with Crippen molar-refractivity contribution >= 4 is 0 Å².